The van der Waals surface area contributed by atoms with E-state index in [0.29, 0.717) is 12.2 Å². The second-order valence-corrected chi connectivity index (χ2v) is 15.7. The molecule has 0 radical (unpaired) electrons. The van der Waals surface area contributed by atoms with Crippen LogP contribution in [-0.4, -0.2) is 28.8 Å². The lowest BCUT2D eigenvalue weighted by Gasteiger charge is -2.34. The van der Waals surface area contributed by atoms with Crippen LogP contribution < -0.4 is 0 Å². The molecule has 0 aliphatic heterocycles. The summed E-state index contributed by atoms with van der Waals surface area (Å²) >= 11 is 0. The summed E-state index contributed by atoms with van der Waals surface area (Å²) in [6.07, 6.45) is 2.79. The van der Waals surface area contributed by atoms with Crippen LogP contribution in [0.3, 0.4) is 0 Å². The van der Waals surface area contributed by atoms with Gasteiger partial charge in [0, 0.05) is 20.3 Å². The molecule has 2 unspecified atom stereocenters. The van der Waals surface area contributed by atoms with Crippen molar-refractivity contribution in [3.63, 3.8) is 0 Å². The van der Waals surface area contributed by atoms with Crippen LogP contribution >= 0.6 is 0 Å². The quantitative estimate of drug-likeness (QED) is 0.555. The predicted octanol–water partition coefficient (Wildman–Crippen LogP) is 5.03. The van der Waals surface area contributed by atoms with Crippen molar-refractivity contribution in [2.24, 2.45) is 0 Å². The molecule has 2 atom stereocenters. The normalized spacial score (nSPS) is 19.3. The summed E-state index contributed by atoms with van der Waals surface area (Å²) in [5.41, 5.74) is 0. The minimum atomic E-state index is -1.99. The second kappa shape index (κ2) is 7.83. The van der Waals surface area contributed by atoms with E-state index in [1.165, 1.54) is 6.04 Å². The van der Waals surface area contributed by atoms with Gasteiger partial charge < -0.3 is 8.85 Å². The van der Waals surface area contributed by atoms with Gasteiger partial charge in [0.25, 0.3) is 0 Å². The van der Waals surface area contributed by atoms with E-state index < -0.39 is 16.6 Å². The zero-order valence-electron chi connectivity index (χ0n) is 13.8. The maximum Gasteiger partial charge on any atom is 0.335 e. The monoisotopic (exact) mass is 290 g/mol. The Kier molecular flexibility index (Phi) is 7.98. The molecule has 0 aromatic heterocycles. The molecule has 0 aliphatic rings. The predicted molar refractivity (Wildman–Crippen MR) is 86.3 cm³/mol. The average Bonchev–Trinajstić information content (AvgIpc) is 2.25. The first kappa shape index (κ1) is 18.4. The highest BCUT2D eigenvalue weighted by Gasteiger charge is 2.36. The van der Waals surface area contributed by atoms with E-state index in [0.717, 1.165) is 18.9 Å². The molecular formula is C14H34O2Si2. The molecule has 0 spiro atoms. The summed E-state index contributed by atoms with van der Waals surface area (Å²) in [4.78, 5) is 0. The molecule has 2 nitrogen and oxygen atoms in total. The maximum atomic E-state index is 6.29. The van der Waals surface area contributed by atoms with E-state index in [4.69, 9.17) is 8.85 Å². The standard InChI is InChI=1S/C14H34O2Si2/c1-9-13(3)15-18(8,16-14(4)10-2)12-11-17(5,6)7/h13-14H,9-12H2,1-8H3. The van der Waals surface area contributed by atoms with Crippen LogP contribution in [0.2, 0.25) is 38.3 Å². The van der Waals surface area contributed by atoms with Crippen molar-refractivity contribution in [2.45, 2.75) is 91.0 Å². The highest BCUT2D eigenvalue weighted by Crippen LogP contribution is 2.25. The van der Waals surface area contributed by atoms with Crippen molar-refractivity contribution in [3.05, 3.63) is 0 Å². The molecule has 0 bridgehead atoms. The van der Waals surface area contributed by atoms with Crippen molar-refractivity contribution in [1.29, 1.82) is 0 Å². The minimum absolute atomic E-state index is 0.326. The van der Waals surface area contributed by atoms with Gasteiger partial charge in [0.2, 0.25) is 0 Å². The molecule has 0 aromatic carbocycles. The Balaban J connectivity index is 4.58. The van der Waals surface area contributed by atoms with Crippen molar-refractivity contribution >= 4 is 16.6 Å². The van der Waals surface area contributed by atoms with Gasteiger partial charge in [-0.2, -0.15) is 0 Å². The van der Waals surface area contributed by atoms with Gasteiger partial charge in [0.1, 0.15) is 0 Å². The Morgan fingerprint density at radius 2 is 1.17 bits per heavy atom. The molecule has 0 saturated heterocycles. The van der Waals surface area contributed by atoms with Crippen molar-refractivity contribution in [1.82, 2.24) is 0 Å². The van der Waals surface area contributed by atoms with Crippen molar-refractivity contribution in [3.8, 4) is 0 Å². The van der Waals surface area contributed by atoms with Gasteiger partial charge in [0.15, 0.2) is 0 Å². The van der Waals surface area contributed by atoms with Crippen LogP contribution in [0, 0.1) is 0 Å². The third-order valence-corrected chi connectivity index (χ3v) is 8.59. The van der Waals surface area contributed by atoms with Crippen molar-refractivity contribution < 1.29 is 8.85 Å². The Morgan fingerprint density at radius 3 is 1.44 bits per heavy atom. The van der Waals surface area contributed by atoms with Crippen molar-refractivity contribution in [2.75, 3.05) is 0 Å². The van der Waals surface area contributed by atoms with Gasteiger partial charge in [-0.3, -0.25) is 0 Å². The van der Waals surface area contributed by atoms with Gasteiger partial charge in [-0.05, 0) is 39.3 Å². The molecule has 4 heteroatoms. The van der Waals surface area contributed by atoms with E-state index in [1.54, 1.807) is 0 Å². The molecule has 0 aromatic rings. The maximum absolute atomic E-state index is 6.29. The first-order chi connectivity index (χ1) is 8.12. The smallest absolute Gasteiger partial charge is 0.335 e. The van der Waals surface area contributed by atoms with Gasteiger partial charge in [-0.25, -0.2) is 0 Å². The lowest BCUT2D eigenvalue weighted by Crippen LogP contribution is -2.45. The van der Waals surface area contributed by atoms with E-state index >= 15 is 0 Å². The molecule has 0 amide bonds. The van der Waals surface area contributed by atoms with Gasteiger partial charge in [-0.1, -0.05) is 39.5 Å². The summed E-state index contributed by atoms with van der Waals surface area (Å²) < 4.78 is 12.6. The van der Waals surface area contributed by atoms with E-state index in [1.807, 2.05) is 0 Å². The number of hydrogen-bond acceptors (Lipinski definition) is 2. The van der Waals surface area contributed by atoms with Crippen LogP contribution in [0.4, 0.5) is 0 Å². The summed E-state index contributed by atoms with van der Waals surface area (Å²) in [5.74, 6) is 0. The second-order valence-electron chi connectivity index (χ2n) is 6.87. The van der Waals surface area contributed by atoms with Gasteiger partial charge in [0.05, 0.1) is 0 Å². The lowest BCUT2D eigenvalue weighted by atomic mass is 10.3. The Labute approximate surface area is 117 Å². The third-order valence-electron chi connectivity index (χ3n) is 3.38. The SMILES string of the molecule is CCC(C)O[Si](C)(CC[Si](C)(C)C)OC(C)CC. The van der Waals surface area contributed by atoms with E-state index in [-0.39, 0.29) is 0 Å². The number of rotatable bonds is 9. The Hall–Kier alpha value is 0.354. The molecule has 0 heterocycles. The van der Waals surface area contributed by atoms with Crippen LogP contribution in [0.5, 0.6) is 0 Å². The fourth-order valence-electron chi connectivity index (χ4n) is 1.77. The number of hydrogen-bond donors (Lipinski definition) is 0. The van der Waals surface area contributed by atoms with Crippen LogP contribution in [0.1, 0.15) is 40.5 Å². The molecule has 110 valence electrons. The first-order valence-electron chi connectivity index (χ1n) is 7.47. The summed E-state index contributed by atoms with van der Waals surface area (Å²) in [7, 11) is -3.01. The summed E-state index contributed by atoms with van der Waals surface area (Å²) in [5, 5.41) is 0. The molecule has 0 fully saturated rings. The summed E-state index contributed by atoms with van der Waals surface area (Å²) in [6, 6.07) is 2.46. The zero-order valence-corrected chi connectivity index (χ0v) is 15.8. The topological polar surface area (TPSA) is 18.5 Å². The first-order valence-corrected chi connectivity index (χ1v) is 13.7. The van der Waals surface area contributed by atoms with Crippen LogP contribution in [-0.2, 0) is 8.85 Å². The van der Waals surface area contributed by atoms with Crippen LogP contribution in [0.25, 0.3) is 0 Å². The summed E-state index contributed by atoms with van der Waals surface area (Å²) in [6.45, 7) is 18.2. The minimum Gasteiger partial charge on any atom is -0.392 e. The molecule has 0 aliphatic carbocycles. The third kappa shape index (κ3) is 8.45. The molecule has 0 rings (SSSR count). The van der Waals surface area contributed by atoms with E-state index in [2.05, 4.69) is 53.9 Å². The fraction of sp³-hybridized carbons (Fsp3) is 1.00. The zero-order chi connectivity index (χ0) is 14.4. The molecule has 18 heavy (non-hydrogen) atoms. The average molecular weight is 291 g/mol. The molecule has 0 saturated carbocycles. The Morgan fingerprint density at radius 1 is 0.778 bits per heavy atom. The van der Waals surface area contributed by atoms with Crippen LogP contribution in [0.15, 0.2) is 0 Å². The molecular weight excluding hydrogens is 256 g/mol. The highest BCUT2D eigenvalue weighted by molar-refractivity contribution is 6.78. The van der Waals surface area contributed by atoms with Gasteiger partial charge in [-0.15, -0.1) is 0 Å². The van der Waals surface area contributed by atoms with Gasteiger partial charge >= 0.3 is 8.56 Å². The molecule has 0 N–H and O–H groups in total. The Bertz CT molecular complexity index is 214. The largest absolute Gasteiger partial charge is 0.392 e. The fourth-order valence-corrected chi connectivity index (χ4v) is 8.91. The van der Waals surface area contributed by atoms with E-state index in [9.17, 15) is 0 Å². The lowest BCUT2D eigenvalue weighted by molar-refractivity contribution is 0.0920. The highest BCUT2D eigenvalue weighted by atomic mass is 28.4.